The molecule has 1 saturated heterocycles. The molecule has 1 aromatic carbocycles. The second kappa shape index (κ2) is 8.29. The summed E-state index contributed by atoms with van der Waals surface area (Å²) in [5.41, 5.74) is 0.0966. The van der Waals surface area contributed by atoms with Gasteiger partial charge in [0.05, 0.1) is 22.3 Å². The number of carbonyl (C=O) groups is 1. The molecule has 0 atom stereocenters. The van der Waals surface area contributed by atoms with E-state index in [0.29, 0.717) is 13.2 Å². The highest BCUT2D eigenvalue weighted by molar-refractivity contribution is 7.92. The fourth-order valence-electron chi connectivity index (χ4n) is 3.15. The van der Waals surface area contributed by atoms with E-state index in [9.17, 15) is 13.2 Å². The van der Waals surface area contributed by atoms with Gasteiger partial charge in [0.2, 0.25) is 0 Å². The lowest BCUT2D eigenvalue weighted by atomic mass is 9.79. The van der Waals surface area contributed by atoms with Crippen molar-refractivity contribution >= 4 is 15.7 Å². The second-order valence-electron chi connectivity index (χ2n) is 6.96. The fraction of sp³-hybridized carbons (Fsp3) is 0.611. The number of sulfone groups is 1. The molecular formula is C18H28N2O4S. The zero-order valence-corrected chi connectivity index (χ0v) is 16.0. The van der Waals surface area contributed by atoms with Crippen molar-refractivity contribution in [3.05, 3.63) is 29.8 Å². The van der Waals surface area contributed by atoms with E-state index in [4.69, 9.17) is 4.74 Å². The van der Waals surface area contributed by atoms with Gasteiger partial charge in [0.1, 0.15) is 0 Å². The van der Waals surface area contributed by atoms with Crippen LogP contribution in [0.3, 0.4) is 0 Å². The Hall–Kier alpha value is -1.44. The third kappa shape index (κ3) is 4.59. The van der Waals surface area contributed by atoms with Gasteiger partial charge in [-0.15, -0.1) is 0 Å². The van der Waals surface area contributed by atoms with Crippen LogP contribution in [0.25, 0.3) is 0 Å². The van der Waals surface area contributed by atoms with Gasteiger partial charge in [-0.25, -0.2) is 8.42 Å². The van der Waals surface area contributed by atoms with Gasteiger partial charge in [-0.1, -0.05) is 12.1 Å². The van der Waals surface area contributed by atoms with Gasteiger partial charge in [0, 0.05) is 19.1 Å². The summed E-state index contributed by atoms with van der Waals surface area (Å²) < 4.78 is 30.4. The quantitative estimate of drug-likeness (QED) is 0.764. The molecule has 6 nitrogen and oxygen atoms in total. The maximum absolute atomic E-state index is 12.7. The molecule has 0 saturated carbocycles. The van der Waals surface area contributed by atoms with Gasteiger partial charge in [0.15, 0.2) is 9.84 Å². The highest BCUT2D eigenvalue weighted by Gasteiger charge is 2.33. The van der Waals surface area contributed by atoms with E-state index in [0.717, 1.165) is 25.9 Å². The molecule has 0 radical (unpaired) electrons. The van der Waals surface area contributed by atoms with Crippen molar-refractivity contribution in [2.45, 2.75) is 36.8 Å². The SMILES string of the molecule is COCC1(CNC(=O)c2ccccc2S(=O)(=O)C(C)C)CCNCC1. The molecule has 1 heterocycles. The number of piperidine rings is 1. The zero-order chi connectivity index (χ0) is 18.5. The van der Waals surface area contributed by atoms with E-state index >= 15 is 0 Å². The molecule has 0 unspecified atom stereocenters. The molecule has 7 heteroatoms. The highest BCUT2D eigenvalue weighted by atomic mass is 32.2. The van der Waals surface area contributed by atoms with Crippen LogP contribution in [0.1, 0.15) is 37.0 Å². The molecule has 140 valence electrons. The molecule has 0 aliphatic carbocycles. The Morgan fingerprint density at radius 1 is 1.28 bits per heavy atom. The van der Waals surface area contributed by atoms with E-state index in [1.165, 1.54) is 6.07 Å². The number of ether oxygens (including phenoxy) is 1. The average Bonchev–Trinajstić information content (AvgIpc) is 2.60. The van der Waals surface area contributed by atoms with Crippen molar-refractivity contribution in [2.24, 2.45) is 5.41 Å². The average molecular weight is 368 g/mol. The molecular weight excluding hydrogens is 340 g/mol. The Morgan fingerprint density at radius 3 is 2.52 bits per heavy atom. The molecule has 1 fully saturated rings. The van der Waals surface area contributed by atoms with Crippen molar-refractivity contribution in [1.29, 1.82) is 0 Å². The number of benzene rings is 1. The van der Waals surface area contributed by atoms with Crippen molar-refractivity contribution in [3.8, 4) is 0 Å². The zero-order valence-electron chi connectivity index (χ0n) is 15.2. The Kier molecular flexibility index (Phi) is 6.59. The van der Waals surface area contributed by atoms with Crippen molar-refractivity contribution in [2.75, 3.05) is 33.4 Å². The fourth-order valence-corrected chi connectivity index (χ4v) is 4.40. The van der Waals surface area contributed by atoms with Crippen LogP contribution in [-0.4, -0.2) is 52.9 Å². The van der Waals surface area contributed by atoms with Gasteiger partial charge >= 0.3 is 0 Å². The van der Waals surface area contributed by atoms with E-state index in [-0.39, 0.29) is 21.8 Å². The molecule has 1 aliphatic rings. The summed E-state index contributed by atoms with van der Waals surface area (Å²) in [6, 6.07) is 6.39. The number of hydrogen-bond donors (Lipinski definition) is 2. The maximum Gasteiger partial charge on any atom is 0.252 e. The molecule has 1 aliphatic heterocycles. The number of methoxy groups -OCH3 is 1. The lowest BCUT2D eigenvalue weighted by Gasteiger charge is -2.37. The predicted molar refractivity (Wildman–Crippen MR) is 97.5 cm³/mol. The molecule has 0 spiro atoms. The number of rotatable bonds is 7. The van der Waals surface area contributed by atoms with Gasteiger partial charge in [-0.3, -0.25) is 4.79 Å². The first-order chi connectivity index (χ1) is 11.8. The maximum atomic E-state index is 12.7. The lowest BCUT2D eigenvalue weighted by molar-refractivity contribution is 0.0511. The Morgan fingerprint density at radius 2 is 1.92 bits per heavy atom. The number of carbonyl (C=O) groups excluding carboxylic acids is 1. The van der Waals surface area contributed by atoms with E-state index < -0.39 is 15.1 Å². The summed E-state index contributed by atoms with van der Waals surface area (Å²) in [6.45, 7) is 6.05. The Balaban J connectivity index is 2.19. The second-order valence-corrected chi connectivity index (χ2v) is 9.43. The first-order valence-electron chi connectivity index (χ1n) is 8.63. The first kappa shape index (κ1) is 19.9. The third-order valence-electron chi connectivity index (χ3n) is 4.80. The standard InChI is InChI=1S/C18H28N2O4S/c1-14(2)25(22,23)16-7-5-4-6-15(16)17(21)20-12-18(13-24-3)8-10-19-11-9-18/h4-7,14,19H,8-13H2,1-3H3,(H,20,21). The molecule has 1 amide bonds. The minimum atomic E-state index is -3.52. The summed E-state index contributed by atoms with van der Waals surface area (Å²) in [6.07, 6.45) is 1.82. The molecule has 0 bridgehead atoms. The van der Waals surface area contributed by atoms with Crippen LogP contribution in [0, 0.1) is 5.41 Å². The van der Waals surface area contributed by atoms with Gasteiger partial charge in [-0.2, -0.15) is 0 Å². The van der Waals surface area contributed by atoms with E-state index in [1.54, 1.807) is 39.2 Å². The molecule has 2 rings (SSSR count). The summed E-state index contributed by atoms with van der Waals surface area (Å²) in [5.74, 6) is -0.353. The van der Waals surface area contributed by atoms with Crippen LogP contribution in [0.2, 0.25) is 0 Å². The van der Waals surface area contributed by atoms with Crippen LogP contribution < -0.4 is 10.6 Å². The van der Waals surface area contributed by atoms with Gasteiger partial charge < -0.3 is 15.4 Å². The summed E-state index contributed by atoms with van der Waals surface area (Å²) >= 11 is 0. The number of nitrogens with one attached hydrogen (secondary N) is 2. The first-order valence-corrected chi connectivity index (χ1v) is 10.2. The van der Waals surface area contributed by atoms with Crippen molar-refractivity contribution < 1.29 is 17.9 Å². The Labute approximate surface area is 150 Å². The van der Waals surface area contributed by atoms with Gasteiger partial charge in [-0.05, 0) is 51.9 Å². The van der Waals surface area contributed by atoms with E-state index in [2.05, 4.69) is 10.6 Å². The largest absolute Gasteiger partial charge is 0.384 e. The molecule has 0 aromatic heterocycles. The summed E-state index contributed by atoms with van der Waals surface area (Å²) in [4.78, 5) is 12.8. The van der Waals surface area contributed by atoms with Crippen molar-refractivity contribution in [1.82, 2.24) is 10.6 Å². The number of amides is 1. The third-order valence-corrected chi connectivity index (χ3v) is 7.01. The van der Waals surface area contributed by atoms with Gasteiger partial charge in [0.25, 0.3) is 5.91 Å². The van der Waals surface area contributed by atoms with Crippen LogP contribution >= 0.6 is 0 Å². The van der Waals surface area contributed by atoms with Crippen LogP contribution in [-0.2, 0) is 14.6 Å². The van der Waals surface area contributed by atoms with Crippen LogP contribution in [0.5, 0.6) is 0 Å². The predicted octanol–water partition coefficient (Wildman–Crippen LogP) is 1.61. The Bertz CT molecular complexity index is 689. The minimum Gasteiger partial charge on any atom is -0.384 e. The molecule has 25 heavy (non-hydrogen) atoms. The smallest absolute Gasteiger partial charge is 0.252 e. The molecule has 1 aromatic rings. The summed E-state index contributed by atoms with van der Waals surface area (Å²) in [7, 11) is -1.85. The lowest BCUT2D eigenvalue weighted by Crippen LogP contribution is -2.47. The van der Waals surface area contributed by atoms with Crippen LogP contribution in [0.4, 0.5) is 0 Å². The molecule has 2 N–H and O–H groups in total. The monoisotopic (exact) mass is 368 g/mol. The highest BCUT2D eigenvalue weighted by Crippen LogP contribution is 2.28. The number of hydrogen-bond acceptors (Lipinski definition) is 5. The topological polar surface area (TPSA) is 84.5 Å². The normalized spacial score (nSPS) is 17.4. The van der Waals surface area contributed by atoms with E-state index in [1.807, 2.05) is 0 Å². The minimum absolute atomic E-state index is 0.0913. The summed E-state index contributed by atoms with van der Waals surface area (Å²) in [5, 5.41) is 5.67. The van der Waals surface area contributed by atoms with Crippen LogP contribution in [0.15, 0.2) is 29.2 Å². The van der Waals surface area contributed by atoms with Crippen molar-refractivity contribution in [3.63, 3.8) is 0 Å².